The minimum absolute atomic E-state index is 0.108. The summed E-state index contributed by atoms with van der Waals surface area (Å²) in [5.41, 5.74) is 0. The fraction of sp³-hybridized carbons (Fsp3) is 0.949. The van der Waals surface area contributed by atoms with Gasteiger partial charge in [0.15, 0.2) is 12.2 Å². The number of phosphoric acid groups is 2. The van der Waals surface area contributed by atoms with E-state index in [2.05, 4.69) is 34.6 Å². The van der Waals surface area contributed by atoms with Gasteiger partial charge in [0.2, 0.25) is 0 Å². The molecule has 97 heavy (non-hydrogen) atoms. The highest BCUT2D eigenvalue weighted by atomic mass is 31.2. The van der Waals surface area contributed by atoms with Crippen molar-refractivity contribution in [2.24, 2.45) is 5.92 Å². The standard InChI is InChI=1S/C78H152O17P2/c1-6-9-12-15-18-20-22-24-26-28-30-34-38-42-47-52-57-62-76(81)89-68-74(95-78(83)64-59-54-49-44-40-36-32-31-33-37-41-46-50-55-60-71(4)5)70-93-97(86,87)91-66-72(79)65-90-96(84,85)92-69-73(67-88-75(80)61-56-51-45-17-14-11-8-3)94-77(82)63-58-53-48-43-39-35-29-27-25-23-21-19-16-13-10-7-2/h71-74,79H,6-70H2,1-5H3,(H,84,85)(H,86,87)/t72-,73+,74+/m0/s1. The van der Waals surface area contributed by atoms with Crippen molar-refractivity contribution >= 4 is 39.5 Å². The molecule has 0 aliphatic carbocycles. The Morgan fingerprint density at radius 1 is 0.278 bits per heavy atom. The molecule has 0 radical (unpaired) electrons. The molecule has 0 spiro atoms. The van der Waals surface area contributed by atoms with Gasteiger partial charge in [-0.05, 0) is 31.6 Å². The van der Waals surface area contributed by atoms with Crippen molar-refractivity contribution in [3.05, 3.63) is 0 Å². The van der Waals surface area contributed by atoms with Crippen molar-refractivity contribution in [2.75, 3.05) is 39.6 Å². The van der Waals surface area contributed by atoms with Gasteiger partial charge in [-0.25, -0.2) is 9.13 Å². The van der Waals surface area contributed by atoms with Crippen LogP contribution < -0.4 is 0 Å². The molecular weight excluding hydrogens is 1270 g/mol. The maximum Gasteiger partial charge on any atom is 0.472 e. The molecule has 0 rings (SSSR count). The maximum absolute atomic E-state index is 13.1. The Hall–Kier alpha value is -1.94. The van der Waals surface area contributed by atoms with E-state index in [-0.39, 0.29) is 25.7 Å². The van der Waals surface area contributed by atoms with E-state index in [0.29, 0.717) is 25.7 Å². The number of hydrogen-bond acceptors (Lipinski definition) is 15. The van der Waals surface area contributed by atoms with Crippen LogP contribution in [-0.4, -0.2) is 96.7 Å². The SMILES string of the molecule is CCCCCCCCCCCCCCCCCCCC(=O)OC[C@H](COP(=O)(O)OC[C@@H](O)COP(=O)(O)OC[C@@H](COC(=O)CCCCCCCCC)OC(=O)CCCCCCCCCCCCCCCCCC)OC(=O)CCCCCCCCCCCCCCCCC(C)C. The van der Waals surface area contributed by atoms with Crippen LogP contribution in [0.4, 0.5) is 0 Å². The van der Waals surface area contributed by atoms with Crippen molar-refractivity contribution in [3.63, 3.8) is 0 Å². The van der Waals surface area contributed by atoms with Crippen molar-refractivity contribution in [3.8, 4) is 0 Å². The third-order valence-corrected chi connectivity index (χ3v) is 20.2. The van der Waals surface area contributed by atoms with E-state index in [1.807, 2.05) is 0 Å². The van der Waals surface area contributed by atoms with Gasteiger partial charge in [0.05, 0.1) is 26.4 Å². The van der Waals surface area contributed by atoms with Crippen LogP contribution in [-0.2, 0) is 65.4 Å². The van der Waals surface area contributed by atoms with Gasteiger partial charge in [0.25, 0.3) is 0 Å². The predicted octanol–water partition coefficient (Wildman–Crippen LogP) is 23.3. The van der Waals surface area contributed by atoms with Gasteiger partial charge in [0.1, 0.15) is 19.3 Å². The summed E-state index contributed by atoms with van der Waals surface area (Å²) in [6.45, 7) is 7.30. The predicted molar refractivity (Wildman–Crippen MR) is 395 cm³/mol. The van der Waals surface area contributed by atoms with Gasteiger partial charge >= 0.3 is 39.5 Å². The number of unbranched alkanes of at least 4 members (excludes halogenated alkanes) is 50. The van der Waals surface area contributed by atoms with Gasteiger partial charge in [-0.2, -0.15) is 0 Å². The number of hydrogen-bond donors (Lipinski definition) is 3. The molecule has 0 amide bonds. The lowest BCUT2D eigenvalue weighted by Gasteiger charge is -2.21. The van der Waals surface area contributed by atoms with Crippen LogP contribution in [0.2, 0.25) is 0 Å². The molecule has 17 nitrogen and oxygen atoms in total. The third-order valence-electron chi connectivity index (χ3n) is 18.3. The Kier molecular flexibility index (Phi) is 69.6. The Labute approximate surface area is 594 Å². The molecule has 0 heterocycles. The molecule has 0 bridgehead atoms. The number of rotatable bonds is 78. The van der Waals surface area contributed by atoms with Crippen molar-refractivity contribution in [1.29, 1.82) is 0 Å². The number of esters is 4. The molecule has 0 aliphatic rings. The molecule has 0 aromatic rings. The highest BCUT2D eigenvalue weighted by Gasteiger charge is 2.30. The van der Waals surface area contributed by atoms with Crippen LogP contribution in [0, 0.1) is 5.92 Å². The van der Waals surface area contributed by atoms with Crippen LogP contribution >= 0.6 is 15.6 Å². The van der Waals surface area contributed by atoms with E-state index in [1.165, 1.54) is 225 Å². The first kappa shape index (κ1) is 95.1. The minimum Gasteiger partial charge on any atom is -0.462 e. The number of carbonyl (C=O) groups excluding carboxylic acids is 4. The molecule has 0 fully saturated rings. The molecule has 0 aromatic heterocycles. The molecule has 0 aromatic carbocycles. The smallest absolute Gasteiger partial charge is 0.462 e. The summed E-state index contributed by atoms with van der Waals surface area (Å²) >= 11 is 0. The number of carbonyl (C=O) groups is 4. The molecule has 19 heteroatoms. The number of aliphatic hydroxyl groups is 1. The van der Waals surface area contributed by atoms with Crippen molar-refractivity contribution in [2.45, 2.75) is 432 Å². The highest BCUT2D eigenvalue weighted by Crippen LogP contribution is 2.45. The van der Waals surface area contributed by atoms with Gasteiger partial charge in [-0.3, -0.25) is 37.3 Å². The molecule has 0 aliphatic heterocycles. The van der Waals surface area contributed by atoms with Gasteiger partial charge in [-0.1, -0.05) is 362 Å². The van der Waals surface area contributed by atoms with Crippen molar-refractivity contribution < 1.29 is 80.2 Å². The van der Waals surface area contributed by atoms with Gasteiger partial charge in [-0.15, -0.1) is 0 Å². The first-order valence-corrected chi connectivity index (χ1v) is 43.6. The van der Waals surface area contributed by atoms with Gasteiger partial charge < -0.3 is 33.8 Å². The molecular formula is C78H152O17P2. The second kappa shape index (κ2) is 71.1. The highest BCUT2D eigenvalue weighted by molar-refractivity contribution is 7.47. The fourth-order valence-corrected chi connectivity index (χ4v) is 13.6. The average Bonchev–Trinajstić information content (AvgIpc) is 1.90. The number of phosphoric ester groups is 2. The minimum atomic E-state index is -4.96. The summed E-state index contributed by atoms with van der Waals surface area (Å²) in [5, 5.41) is 10.6. The number of aliphatic hydroxyl groups excluding tert-OH is 1. The topological polar surface area (TPSA) is 237 Å². The summed E-state index contributed by atoms with van der Waals surface area (Å²) < 4.78 is 68.5. The second-order valence-corrected chi connectivity index (χ2v) is 31.5. The lowest BCUT2D eigenvalue weighted by molar-refractivity contribution is -0.161. The Morgan fingerprint density at radius 2 is 0.474 bits per heavy atom. The molecule has 2 unspecified atom stereocenters. The van der Waals surface area contributed by atoms with Crippen LogP contribution in [0.15, 0.2) is 0 Å². The normalized spacial score (nSPS) is 13.9. The van der Waals surface area contributed by atoms with Crippen LogP contribution in [0.1, 0.15) is 413 Å². The lowest BCUT2D eigenvalue weighted by Crippen LogP contribution is -2.30. The van der Waals surface area contributed by atoms with Crippen LogP contribution in [0.3, 0.4) is 0 Å². The van der Waals surface area contributed by atoms with Crippen LogP contribution in [0.25, 0.3) is 0 Å². The molecule has 5 atom stereocenters. The monoisotopic (exact) mass is 1420 g/mol. The summed E-state index contributed by atoms with van der Waals surface area (Å²) in [7, 11) is -9.91. The zero-order valence-corrected chi connectivity index (χ0v) is 65.0. The van der Waals surface area contributed by atoms with Crippen LogP contribution in [0.5, 0.6) is 0 Å². The fourth-order valence-electron chi connectivity index (χ4n) is 12.1. The van der Waals surface area contributed by atoms with E-state index in [9.17, 15) is 43.2 Å². The van der Waals surface area contributed by atoms with E-state index >= 15 is 0 Å². The Bertz CT molecular complexity index is 1860. The first-order chi connectivity index (χ1) is 47.0. The zero-order valence-electron chi connectivity index (χ0n) is 63.2. The second-order valence-electron chi connectivity index (χ2n) is 28.6. The lowest BCUT2D eigenvalue weighted by atomic mass is 10.0. The summed E-state index contributed by atoms with van der Waals surface area (Å²) in [5.74, 6) is -1.32. The van der Waals surface area contributed by atoms with Gasteiger partial charge in [0, 0.05) is 25.7 Å². The van der Waals surface area contributed by atoms with E-state index in [4.69, 9.17) is 37.0 Å². The van der Waals surface area contributed by atoms with Crippen molar-refractivity contribution in [1.82, 2.24) is 0 Å². The summed E-state index contributed by atoms with van der Waals surface area (Å²) in [6.07, 6.45) is 61.1. The third kappa shape index (κ3) is 72.2. The zero-order chi connectivity index (χ0) is 71.2. The maximum atomic E-state index is 13.1. The average molecular weight is 1420 g/mol. The molecule has 3 N–H and O–H groups in total. The Morgan fingerprint density at radius 3 is 0.701 bits per heavy atom. The Balaban J connectivity index is 5.18. The summed E-state index contributed by atoms with van der Waals surface area (Å²) in [4.78, 5) is 72.8. The van der Waals surface area contributed by atoms with E-state index < -0.39 is 97.5 Å². The quantitative estimate of drug-likeness (QED) is 0.0222. The number of ether oxygens (including phenoxy) is 4. The molecule has 576 valence electrons. The largest absolute Gasteiger partial charge is 0.472 e. The summed E-state index contributed by atoms with van der Waals surface area (Å²) in [6, 6.07) is 0. The van der Waals surface area contributed by atoms with E-state index in [0.717, 1.165) is 109 Å². The molecule has 0 saturated heterocycles. The first-order valence-electron chi connectivity index (χ1n) is 40.6. The molecule has 0 saturated carbocycles. The van der Waals surface area contributed by atoms with E-state index in [1.54, 1.807) is 0 Å².